The first-order valence-electron chi connectivity index (χ1n) is 6.31. The van der Waals surface area contributed by atoms with Crippen LogP contribution in [0.3, 0.4) is 0 Å². The minimum Gasteiger partial charge on any atom is -0.461 e. The van der Waals surface area contributed by atoms with Gasteiger partial charge >= 0.3 is 0 Å². The molecule has 0 aliphatic rings. The number of nitrogens with zero attached hydrogens (tertiary/aromatic N) is 2. The summed E-state index contributed by atoms with van der Waals surface area (Å²) in [6, 6.07) is 3.73. The number of hydrogen-bond donors (Lipinski definition) is 1. The van der Waals surface area contributed by atoms with Gasteiger partial charge in [-0.2, -0.15) is 0 Å². The predicted molar refractivity (Wildman–Crippen MR) is 71.5 cm³/mol. The molecule has 2 aromatic heterocycles. The van der Waals surface area contributed by atoms with Gasteiger partial charge < -0.3 is 9.73 Å². The fraction of sp³-hybridized carbons (Fsp3) is 0.429. The molecule has 4 nitrogen and oxygen atoms in total. The van der Waals surface area contributed by atoms with E-state index in [0.717, 1.165) is 36.7 Å². The Hall–Kier alpha value is -1.68. The van der Waals surface area contributed by atoms with Crippen LogP contribution in [0.15, 0.2) is 22.8 Å². The van der Waals surface area contributed by atoms with E-state index in [1.165, 1.54) is 5.56 Å². The molecule has 0 saturated carbocycles. The van der Waals surface area contributed by atoms with Gasteiger partial charge in [0, 0.05) is 11.4 Å². The monoisotopic (exact) mass is 245 g/mol. The highest BCUT2D eigenvalue weighted by molar-refractivity contribution is 5.48. The summed E-state index contributed by atoms with van der Waals surface area (Å²) in [5, 5.41) is 3.32. The number of aromatic nitrogens is 2. The standard InChI is InChI=1S/C14H19N3O/c1-4-15-8-7-12-10(2)16-14(17-11(12)3)13-6-5-9-18-13/h5-6,9,15H,4,7-8H2,1-3H3. The van der Waals surface area contributed by atoms with Crippen molar-refractivity contribution in [2.24, 2.45) is 0 Å². The molecular weight excluding hydrogens is 226 g/mol. The summed E-state index contributed by atoms with van der Waals surface area (Å²) in [6.45, 7) is 8.12. The van der Waals surface area contributed by atoms with Crippen molar-refractivity contribution in [3.63, 3.8) is 0 Å². The van der Waals surface area contributed by atoms with Crippen molar-refractivity contribution < 1.29 is 4.42 Å². The molecular formula is C14H19N3O. The molecule has 0 amide bonds. The number of likely N-dealkylation sites (N-methyl/N-ethyl adjacent to an activating group) is 1. The van der Waals surface area contributed by atoms with Gasteiger partial charge in [-0.15, -0.1) is 0 Å². The second-order valence-corrected chi connectivity index (χ2v) is 4.28. The van der Waals surface area contributed by atoms with Crippen LogP contribution in [0, 0.1) is 13.8 Å². The minimum atomic E-state index is 0.669. The van der Waals surface area contributed by atoms with Crippen LogP contribution in [0.4, 0.5) is 0 Å². The lowest BCUT2D eigenvalue weighted by Gasteiger charge is -2.10. The van der Waals surface area contributed by atoms with Crippen LogP contribution < -0.4 is 5.32 Å². The second-order valence-electron chi connectivity index (χ2n) is 4.28. The molecule has 0 bridgehead atoms. The van der Waals surface area contributed by atoms with E-state index in [9.17, 15) is 0 Å². The van der Waals surface area contributed by atoms with Crippen molar-refractivity contribution in [2.75, 3.05) is 13.1 Å². The quantitative estimate of drug-likeness (QED) is 0.822. The highest BCUT2D eigenvalue weighted by Gasteiger charge is 2.11. The Balaban J connectivity index is 2.24. The van der Waals surface area contributed by atoms with Crippen molar-refractivity contribution in [1.82, 2.24) is 15.3 Å². The van der Waals surface area contributed by atoms with E-state index in [4.69, 9.17) is 4.42 Å². The molecule has 0 saturated heterocycles. The van der Waals surface area contributed by atoms with Crippen molar-refractivity contribution in [3.8, 4) is 11.6 Å². The van der Waals surface area contributed by atoms with Crippen LogP contribution in [0.5, 0.6) is 0 Å². The molecule has 0 spiro atoms. The number of furan rings is 1. The zero-order chi connectivity index (χ0) is 13.0. The summed E-state index contributed by atoms with van der Waals surface area (Å²) in [7, 11) is 0. The van der Waals surface area contributed by atoms with Gasteiger partial charge in [0.05, 0.1) is 6.26 Å². The van der Waals surface area contributed by atoms with E-state index in [-0.39, 0.29) is 0 Å². The predicted octanol–water partition coefficient (Wildman–Crippen LogP) is 2.51. The smallest absolute Gasteiger partial charge is 0.196 e. The summed E-state index contributed by atoms with van der Waals surface area (Å²) >= 11 is 0. The Morgan fingerprint density at radius 1 is 1.22 bits per heavy atom. The average Bonchev–Trinajstić information content (AvgIpc) is 2.86. The third kappa shape index (κ3) is 2.76. The molecule has 96 valence electrons. The van der Waals surface area contributed by atoms with E-state index in [0.29, 0.717) is 5.82 Å². The molecule has 0 aromatic carbocycles. The first-order valence-corrected chi connectivity index (χ1v) is 6.31. The Morgan fingerprint density at radius 2 is 1.94 bits per heavy atom. The molecule has 2 rings (SSSR count). The molecule has 2 aromatic rings. The van der Waals surface area contributed by atoms with Crippen LogP contribution in [-0.2, 0) is 6.42 Å². The van der Waals surface area contributed by atoms with Crippen LogP contribution in [0.1, 0.15) is 23.9 Å². The normalized spacial score (nSPS) is 10.8. The van der Waals surface area contributed by atoms with Crippen LogP contribution in [-0.4, -0.2) is 23.1 Å². The van der Waals surface area contributed by atoms with Crippen molar-refractivity contribution >= 4 is 0 Å². The maximum absolute atomic E-state index is 5.33. The number of hydrogen-bond acceptors (Lipinski definition) is 4. The van der Waals surface area contributed by atoms with E-state index in [1.54, 1.807) is 6.26 Å². The number of rotatable bonds is 5. The Kier molecular flexibility index (Phi) is 4.10. The lowest BCUT2D eigenvalue weighted by atomic mass is 10.1. The van der Waals surface area contributed by atoms with E-state index >= 15 is 0 Å². The summed E-state index contributed by atoms with van der Waals surface area (Å²) in [6.07, 6.45) is 2.60. The zero-order valence-corrected chi connectivity index (χ0v) is 11.2. The fourth-order valence-electron chi connectivity index (χ4n) is 2.01. The molecule has 18 heavy (non-hydrogen) atoms. The Morgan fingerprint density at radius 3 is 2.50 bits per heavy atom. The lowest BCUT2D eigenvalue weighted by Crippen LogP contribution is -2.17. The van der Waals surface area contributed by atoms with Crippen molar-refractivity contribution in [2.45, 2.75) is 27.2 Å². The van der Waals surface area contributed by atoms with Gasteiger partial charge in [0.2, 0.25) is 0 Å². The molecule has 0 aliphatic carbocycles. The molecule has 1 N–H and O–H groups in total. The van der Waals surface area contributed by atoms with Crippen LogP contribution in [0.2, 0.25) is 0 Å². The van der Waals surface area contributed by atoms with Crippen LogP contribution in [0.25, 0.3) is 11.6 Å². The van der Waals surface area contributed by atoms with Gasteiger partial charge in [0.1, 0.15) is 0 Å². The highest BCUT2D eigenvalue weighted by Crippen LogP contribution is 2.19. The summed E-state index contributed by atoms with van der Waals surface area (Å²) in [4.78, 5) is 9.05. The summed E-state index contributed by atoms with van der Waals surface area (Å²) in [5.41, 5.74) is 3.30. The SMILES string of the molecule is CCNCCc1c(C)nc(-c2ccco2)nc1C. The topological polar surface area (TPSA) is 51.0 Å². The first kappa shape index (κ1) is 12.8. The Labute approximate surface area is 107 Å². The summed E-state index contributed by atoms with van der Waals surface area (Å²) in [5.74, 6) is 1.39. The van der Waals surface area contributed by atoms with Crippen molar-refractivity contribution in [1.29, 1.82) is 0 Å². The number of nitrogens with one attached hydrogen (secondary N) is 1. The minimum absolute atomic E-state index is 0.669. The van der Waals surface area contributed by atoms with E-state index in [1.807, 2.05) is 26.0 Å². The largest absolute Gasteiger partial charge is 0.461 e. The Bertz CT molecular complexity index is 483. The highest BCUT2D eigenvalue weighted by atomic mass is 16.3. The van der Waals surface area contributed by atoms with Gasteiger partial charge in [0.25, 0.3) is 0 Å². The molecule has 0 radical (unpaired) electrons. The van der Waals surface area contributed by atoms with Gasteiger partial charge in [-0.25, -0.2) is 9.97 Å². The van der Waals surface area contributed by atoms with E-state index < -0.39 is 0 Å². The molecule has 4 heteroatoms. The first-order chi connectivity index (χ1) is 8.72. The average molecular weight is 245 g/mol. The third-order valence-corrected chi connectivity index (χ3v) is 2.96. The van der Waals surface area contributed by atoms with Crippen LogP contribution >= 0.6 is 0 Å². The number of aryl methyl sites for hydroxylation is 2. The molecule has 0 unspecified atom stereocenters. The van der Waals surface area contributed by atoms with Gasteiger partial charge in [-0.3, -0.25) is 0 Å². The fourth-order valence-corrected chi connectivity index (χ4v) is 2.01. The van der Waals surface area contributed by atoms with E-state index in [2.05, 4.69) is 22.2 Å². The maximum atomic E-state index is 5.33. The second kappa shape index (κ2) is 5.78. The molecule has 0 aliphatic heterocycles. The van der Waals surface area contributed by atoms with Gasteiger partial charge in [-0.1, -0.05) is 6.92 Å². The lowest BCUT2D eigenvalue weighted by molar-refractivity contribution is 0.576. The van der Waals surface area contributed by atoms with Gasteiger partial charge in [-0.05, 0) is 51.1 Å². The zero-order valence-electron chi connectivity index (χ0n) is 11.2. The summed E-state index contributed by atoms with van der Waals surface area (Å²) < 4.78 is 5.33. The molecule has 0 fully saturated rings. The van der Waals surface area contributed by atoms with Gasteiger partial charge in [0.15, 0.2) is 11.6 Å². The molecule has 2 heterocycles. The molecule has 0 atom stereocenters. The maximum Gasteiger partial charge on any atom is 0.196 e. The third-order valence-electron chi connectivity index (χ3n) is 2.96. The van der Waals surface area contributed by atoms with Crippen molar-refractivity contribution in [3.05, 3.63) is 35.3 Å².